The van der Waals surface area contributed by atoms with E-state index < -0.39 is 0 Å². The molecule has 0 saturated carbocycles. The Labute approximate surface area is 108 Å². The summed E-state index contributed by atoms with van der Waals surface area (Å²) in [5.41, 5.74) is 6.77. The van der Waals surface area contributed by atoms with Gasteiger partial charge in [0.2, 0.25) is 0 Å². The molecule has 0 aliphatic rings. The summed E-state index contributed by atoms with van der Waals surface area (Å²) < 4.78 is 15.8. The van der Waals surface area contributed by atoms with Gasteiger partial charge in [0.25, 0.3) is 0 Å². The van der Waals surface area contributed by atoms with E-state index in [0.717, 1.165) is 17.1 Å². The van der Waals surface area contributed by atoms with Crippen LogP contribution in [0, 0.1) is 0 Å². The molecule has 0 radical (unpaired) electrons. The predicted octanol–water partition coefficient (Wildman–Crippen LogP) is 2.02. The fourth-order valence-corrected chi connectivity index (χ4v) is 1.60. The molecular formula is C12H20ClNO3. The SMILES string of the molecule is COc1cc(OC)c(CC(C)N)c(OC)c1.Cl. The third-order valence-corrected chi connectivity index (χ3v) is 2.34. The van der Waals surface area contributed by atoms with Gasteiger partial charge in [0.1, 0.15) is 17.2 Å². The minimum absolute atomic E-state index is 0. The van der Waals surface area contributed by atoms with Crippen LogP contribution in [0.25, 0.3) is 0 Å². The van der Waals surface area contributed by atoms with Crippen molar-refractivity contribution < 1.29 is 14.2 Å². The number of methoxy groups -OCH3 is 3. The molecule has 0 aromatic heterocycles. The fraction of sp³-hybridized carbons (Fsp3) is 0.500. The van der Waals surface area contributed by atoms with Crippen LogP contribution < -0.4 is 19.9 Å². The van der Waals surface area contributed by atoms with Crippen molar-refractivity contribution in [2.45, 2.75) is 19.4 Å². The Balaban J connectivity index is 0.00000256. The minimum atomic E-state index is 0. The summed E-state index contributed by atoms with van der Waals surface area (Å²) in [4.78, 5) is 0. The summed E-state index contributed by atoms with van der Waals surface area (Å²) in [6.07, 6.45) is 0.705. The Morgan fingerprint density at radius 2 is 1.53 bits per heavy atom. The van der Waals surface area contributed by atoms with Crippen LogP contribution in [0.3, 0.4) is 0 Å². The molecule has 98 valence electrons. The molecule has 1 unspecified atom stereocenters. The summed E-state index contributed by atoms with van der Waals surface area (Å²) in [7, 11) is 4.86. The lowest BCUT2D eigenvalue weighted by molar-refractivity contribution is 0.367. The first-order valence-electron chi connectivity index (χ1n) is 5.16. The number of hydrogen-bond acceptors (Lipinski definition) is 4. The van der Waals surface area contributed by atoms with Crippen LogP contribution in [0.4, 0.5) is 0 Å². The van der Waals surface area contributed by atoms with Gasteiger partial charge in [0, 0.05) is 23.7 Å². The molecule has 5 heteroatoms. The first-order valence-corrected chi connectivity index (χ1v) is 5.16. The van der Waals surface area contributed by atoms with E-state index in [1.807, 2.05) is 19.1 Å². The molecule has 0 amide bonds. The number of halogens is 1. The van der Waals surface area contributed by atoms with E-state index in [4.69, 9.17) is 19.9 Å². The number of nitrogens with two attached hydrogens (primary N) is 1. The average molecular weight is 262 g/mol. The standard InChI is InChI=1S/C12H19NO3.ClH/c1-8(13)5-10-11(15-3)6-9(14-2)7-12(10)16-4;/h6-8H,5,13H2,1-4H3;1H. The zero-order valence-corrected chi connectivity index (χ0v) is 11.5. The molecule has 0 saturated heterocycles. The summed E-state index contributed by atoms with van der Waals surface area (Å²) >= 11 is 0. The van der Waals surface area contributed by atoms with Gasteiger partial charge in [-0.15, -0.1) is 12.4 Å². The molecule has 1 aromatic carbocycles. The molecule has 0 fully saturated rings. The second kappa shape index (κ2) is 7.25. The molecule has 2 N–H and O–H groups in total. The Morgan fingerprint density at radius 3 is 1.82 bits per heavy atom. The lowest BCUT2D eigenvalue weighted by Crippen LogP contribution is -2.18. The molecule has 1 rings (SSSR count). The van der Waals surface area contributed by atoms with Crippen LogP contribution in [0.5, 0.6) is 17.2 Å². The van der Waals surface area contributed by atoms with E-state index in [1.54, 1.807) is 21.3 Å². The first-order chi connectivity index (χ1) is 7.62. The predicted molar refractivity (Wildman–Crippen MR) is 70.7 cm³/mol. The Morgan fingerprint density at radius 1 is 1.06 bits per heavy atom. The largest absolute Gasteiger partial charge is 0.496 e. The van der Waals surface area contributed by atoms with Crippen LogP contribution in [0.15, 0.2) is 12.1 Å². The van der Waals surface area contributed by atoms with Gasteiger partial charge in [-0.25, -0.2) is 0 Å². The number of hydrogen-bond donors (Lipinski definition) is 1. The monoisotopic (exact) mass is 261 g/mol. The van der Waals surface area contributed by atoms with E-state index in [9.17, 15) is 0 Å². The normalized spacial score (nSPS) is 11.4. The van der Waals surface area contributed by atoms with Crippen molar-refractivity contribution in [3.8, 4) is 17.2 Å². The third kappa shape index (κ3) is 3.98. The highest BCUT2D eigenvalue weighted by molar-refractivity contribution is 5.85. The van der Waals surface area contributed by atoms with Crippen LogP contribution in [-0.4, -0.2) is 27.4 Å². The highest BCUT2D eigenvalue weighted by Crippen LogP contribution is 2.34. The average Bonchev–Trinajstić information content (AvgIpc) is 2.28. The van der Waals surface area contributed by atoms with Crippen molar-refractivity contribution in [3.05, 3.63) is 17.7 Å². The summed E-state index contributed by atoms with van der Waals surface area (Å²) in [5, 5.41) is 0. The maximum atomic E-state index is 5.80. The minimum Gasteiger partial charge on any atom is -0.496 e. The van der Waals surface area contributed by atoms with Crippen LogP contribution in [0.1, 0.15) is 12.5 Å². The van der Waals surface area contributed by atoms with Gasteiger partial charge in [-0.3, -0.25) is 0 Å². The van der Waals surface area contributed by atoms with Crippen LogP contribution in [0.2, 0.25) is 0 Å². The van der Waals surface area contributed by atoms with Gasteiger partial charge in [0.15, 0.2) is 0 Å². The number of ether oxygens (including phenoxy) is 3. The Kier molecular flexibility index (Phi) is 6.76. The van der Waals surface area contributed by atoms with Crippen molar-refractivity contribution in [1.29, 1.82) is 0 Å². The topological polar surface area (TPSA) is 53.7 Å². The molecule has 0 aliphatic heterocycles. The fourth-order valence-electron chi connectivity index (χ4n) is 1.60. The van der Waals surface area contributed by atoms with E-state index >= 15 is 0 Å². The molecule has 0 spiro atoms. The van der Waals surface area contributed by atoms with Crippen molar-refractivity contribution >= 4 is 12.4 Å². The van der Waals surface area contributed by atoms with Crippen molar-refractivity contribution in [2.75, 3.05) is 21.3 Å². The van der Waals surface area contributed by atoms with E-state index in [0.29, 0.717) is 12.2 Å². The van der Waals surface area contributed by atoms with Crippen LogP contribution in [-0.2, 0) is 6.42 Å². The lowest BCUT2D eigenvalue weighted by Gasteiger charge is -2.16. The van der Waals surface area contributed by atoms with Crippen molar-refractivity contribution in [1.82, 2.24) is 0 Å². The van der Waals surface area contributed by atoms with Gasteiger partial charge < -0.3 is 19.9 Å². The number of rotatable bonds is 5. The zero-order valence-electron chi connectivity index (χ0n) is 10.6. The molecule has 0 aliphatic carbocycles. The summed E-state index contributed by atoms with van der Waals surface area (Å²) in [6, 6.07) is 3.72. The van der Waals surface area contributed by atoms with E-state index in [2.05, 4.69) is 0 Å². The van der Waals surface area contributed by atoms with E-state index in [-0.39, 0.29) is 18.4 Å². The van der Waals surface area contributed by atoms with Crippen LogP contribution >= 0.6 is 12.4 Å². The molecule has 1 atom stereocenters. The maximum absolute atomic E-state index is 5.80. The maximum Gasteiger partial charge on any atom is 0.129 e. The smallest absolute Gasteiger partial charge is 0.129 e. The van der Waals surface area contributed by atoms with Gasteiger partial charge >= 0.3 is 0 Å². The van der Waals surface area contributed by atoms with Gasteiger partial charge in [0.05, 0.1) is 21.3 Å². The summed E-state index contributed by atoms with van der Waals surface area (Å²) in [6.45, 7) is 1.95. The second-order valence-corrected chi connectivity index (χ2v) is 3.69. The molecule has 0 bridgehead atoms. The van der Waals surface area contributed by atoms with Crippen molar-refractivity contribution in [3.63, 3.8) is 0 Å². The quantitative estimate of drug-likeness (QED) is 0.881. The molecule has 1 aromatic rings. The highest BCUT2D eigenvalue weighted by atomic mass is 35.5. The third-order valence-electron chi connectivity index (χ3n) is 2.34. The Hall–Kier alpha value is -1.13. The highest BCUT2D eigenvalue weighted by Gasteiger charge is 2.14. The Bertz CT molecular complexity index is 331. The first kappa shape index (κ1) is 15.9. The molecule has 0 heterocycles. The van der Waals surface area contributed by atoms with Gasteiger partial charge in [-0.2, -0.15) is 0 Å². The zero-order chi connectivity index (χ0) is 12.1. The molecule has 17 heavy (non-hydrogen) atoms. The second-order valence-electron chi connectivity index (χ2n) is 3.69. The number of benzene rings is 1. The van der Waals surface area contributed by atoms with Crippen molar-refractivity contribution in [2.24, 2.45) is 5.73 Å². The van der Waals surface area contributed by atoms with E-state index in [1.165, 1.54) is 0 Å². The molecular weight excluding hydrogens is 242 g/mol. The lowest BCUT2D eigenvalue weighted by atomic mass is 10.0. The van der Waals surface area contributed by atoms with Gasteiger partial charge in [-0.05, 0) is 13.3 Å². The summed E-state index contributed by atoms with van der Waals surface area (Å²) in [5.74, 6) is 2.20. The molecule has 4 nitrogen and oxygen atoms in total. The van der Waals surface area contributed by atoms with Gasteiger partial charge in [-0.1, -0.05) is 0 Å².